The number of carbonyl (C=O) groups is 1. The van der Waals surface area contributed by atoms with Crippen LogP contribution in [-0.2, 0) is 0 Å². The van der Waals surface area contributed by atoms with Crippen molar-refractivity contribution in [2.45, 2.75) is 33.6 Å². The Morgan fingerprint density at radius 2 is 2.00 bits per heavy atom. The fraction of sp³-hybridized carbons (Fsp3) is 0.600. The third-order valence-electron chi connectivity index (χ3n) is 3.21. The van der Waals surface area contributed by atoms with E-state index in [0.717, 1.165) is 25.3 Å². The van der Waals surface area contributed by atoms with E-state index in [1.807, 2.05) is 13.8 Å². The van der Waals surface area contributed by atoms with Gasteiger partial charge < -0.3 is 14.7 Å². The second-order valence-corrected chi connectivity index (χ2v) is 4.95. The molecule has 0 aliphatic rings. The number of aromatic nitrogens is 1. The van der Waals surface area contributed by atoms with Crippen molar-refractivity contribution in [1.29, 1.82) is 0 Å². The minimum atomic E-state index is -0.956. The summed E-state index contributed by atoms with van der Waals surface area (Å²) in [7, 11) is 0. The van der Waals surface area contributed by atoms with Crippen LogP contribution in [0, 0.1) is 0 Å². The summed E-state index contributed by atoms with van der Waals surface area (Å²) in [4.78, 5) is 17.7. The molecule has 0 bridgehead atoms. The molecular weight excluding hydrogens is 256 g/mol. The van der Waals surface area contributed by atoms with Crippen molar-refractivity contribution in [3.05, 3.63) is 23.4 Å². The minimum absolute atomic E-state index is 0.166. The van der Waals surface area contributed by atoms with E-state index < -0.39 is 5.97 Å². The van der Waals surface area contributed by atoms with Crippen LogP contribution in [0.4, 0.5) is 0 Å². The van der Waals surface area contributed by atoms with Crippen LogP contribution in [0.3, 0.4) is 0 Å². The monoisotopic (exact) mass is 280 g/mol. The highest BCUT2D eigenvalue weighted by Crippen LogP contribution is 2.19. The third-order valence-corrected chi connectivity index (χ3v) is 3.21. The fourth-order valence-corrected chi connectivity index (χ4v) is 1.84. The van der Waals surface area contributed by atoms with Crippen LogP contribution in [0.1, 0.15) is 49.7 Å². The molecular formula is C15H24N2O3. The number of carboxylic acid groups (broad SMARTS) is 1. The van der Waals surface area contributed by atoms with Gasteiger partial charge in [-0.2, -0.15) is 0 Å². The Kier molecular flexibility index (Phi) is 6.45. The lowest BCUT2D eigenvalue weighted by atomic mass is 10.1. The van der Waals surface area contributed by atoms with Crippen LogP contribution in [-0.4, -0.2) is 47.2 Å². The van der Waals surface area contributed by atoms with Crippen molar-refractivity contribution < 1.29 is 14.6 Å². The first-order valence-electron chi connectivity index (χ1n) is 7.08. The van der Waals surface area contributed by atoms with Gasteiger partial charge in [0, 0.05) is 18.3 Å². The molecule has 1 aromatic rings. The molecule has 0 atom stereocenters. The maximum atomic E-state index is 11.1. The lowest BCUT2D eigenvalue weighted by Crippen LogP contribution is -2.28. The average molecular weight is 280 g/mol. The summed E-state index contributed by atoms with van der Waals surface area (Å²) < 4.78 is 5.61. The Morgan fingerprint density at radius 1 is 1.35 bits per heavy atom. The second-order valence-electron chi connectivity index (χ2n) is 4.95. The van der Waals surface area contributed by atoms with Gasteiger partial charge in [-0.1, -0.05) is 27.7 Å². The third kappa shape index (κ3) is 4.81. The molecule has 1 aromatic heterocycles. The number of aromatic carboxylic acids is 1. The maximum Gasteiger partial charge on any atom is 0.335 e. The Balaban J connectivity index is 2.76. The first-order chi connectivity index (χ1) is 9.47. The quantitative estimate of drug-likeness (QED) is 0.793. The maximum absolute atomic E-state index is 11.1. The van der Waals surface area contributed by atoms with Crippen LogP contribution in [0.15, 0.2) is 12.1 Å². The molecule has 20 heavy (non-hydrogen) atoms. The first-order valence-corrected chi connectivity index (χ1v) is 7.08. The summed E-state index contributed by atoms with van der Waals surface area (Å²) in [5.41, 5.74) is 0.962. The van der Waals surface area contributed by atoms with Gasteiger partial charge >= 0.3 is 5.97 Å². The largest absolute Gasteiger partial charge is 0.478 e. The van der Waals surface area contributed by atoms with E-state index in [1.165, 1.54) is 6.07 Å². The zero-order valence-electron chi connectivity index (χ0n) is 12.7. The number of carboxylic acids is 1. The molecule has 1 N–H and O–H groups in total. The van der Waals surface area contributed by atoms with Crippen LogP contribution < -0.4 is 4.74 Å². The molecule has 0 unspecified atom stereocenters. The average Bonchev–Trinajstić information content (AvgIpc) is 2.43. The van der Waals surface area contributed by atoms with Gasteiger partial charge in [-0.25, -0.2) is 9.78 Å². The SMILES string of the molecule is CCN(CC)CCOc1cc(C(=O)O)cc(C(C)C)n1. The highest BCUT2D eigenvalue weighted by molar-refractivity contribution is 5.88. The fourth-order valence-electron chi connectivity index (χ4n) is 1.84. The smallest absolute Gasteiger partial charge is 0.335 e. The van der Waals surface area contributed by atoms with E-state index in [9.17, 15) is 4.79 Å². The van der Waals surface area contributed by atoms with E-state index in [1.54, 1.807) is 6.07 Å². The topological polar surface area (TPSA) is 62.7 Å². The summed E-state index contributed by atoms with van der Waals surface area (Å²) in [6, 6.07) is 3.08. The highest BCUT2D eigenvalue weighted by Gasteiger charge is 2.11. The lowest BCUT2D eigenvalue weighted by molar-refractivity contribution is 0.0696. The molecule has 5 heteroatoms. The molecule has 0 fully saturated rings. The van der Waals surface area contributed by atoms with Crippen molar-refractivity contribution in [2.75, 3.05) is 26.2 Å². The Hall–Kier alpha value is -1.62. The Morgan fingerprint density at radius 3 is 2.50 bits per heavy atom. The van der Waals surface area contributed by atoms with Crippen molar-refractivity contribution in [2.24, 2.45) is 0 Å². The van der Waals surface area contributed by atoms with Gasteiger partial charge in [-0.3, -0.25) is 0 Å². The number of likely N-dealkylation sites (N-methyl/N-ethyl adjacent to an activating group) is 1. The first kappa shape index (κ1) is 16.4. The van der Waals surface area contributed by atoms with Gasteiger partial charge in [0.15, 0.2) is 0 Å². The molecule has 0 saturated heterocycles. The molecule has 112 valence electrons. The predicted octanol–water partition coefficient (Wildman–Crippen LogP) is 2.62. The number of rotatable bonds is 8. The van der Waals surface area contributed by atoms with Crippen molar-refractivity contribution >= 4 is 5.97 Å². The molecule has 5 nitrogen and oxygen atoms in total. The molecule has 1 rings (SSSR count). The van der Waals surface area contributed by atoms with E-state index in [0.29, 0.717) is 12.5 Å². The normalized spacial score (nSPS) is 11.1. The van der Waals surface area contributed by atoms with Gasteiger partial charge in [0.2, 0.25) is 5.88 Å². The molecule has 0 aliphatic heterocycles. The number of hydrogen-bond acceptors (Lipinski definition) is 4. The van der Waals surface area contributed by atoms with E-state index in [4.69, 9.17) is 9.84 Å². The molecule has 1 heterocycles. The van der Waals surface area contributed by atoms with Gasteiger partial charge in [-0.15, -0.1) is 0 Å². The molecule has 0 aromatic carbocycles. The molecule has 0 amide bonds. The molecule has 0 spiro atoms. The number of nitrogens with zero attached hydrogens (tertiary/aromatic N) is 2. The van der Waals surface area contributed by atoms with Gasteiger partial charge in [-0.05, 0) is 25.1 Å². The number of pyridine rings is 1. The van der Waals surface area contributed by atoms with Crippen LogP contribution in [0.5, 0.6) is 5.88 Å². The van der Waals surface area contributed by atoms with Gasteiger partial charge in [0.25, 0.3) is 0 Å². The van der Waals surface area contributed by atoms with Crippen LogP contribution >= 0.6 is 0 Å². The van der Waals surface area contributed by atoms with Gasteiger partial charge in [0.05, 0.1) is 5.56 Å². The zero-order chi connectivity index (χ0) is 15.1. The van der Waals surface area contributed by atoms with E-state index >= 15 is 0 Å². The zero-order valence-corrected chi connectivity index (χ0v) is 12.7. The summed E-state index contributed by atoms with van der Waals surface area (Å²) in [5.74, 6) is -0.400. The second kappa shape index (κ2) is 7.85. The van der Waals surface area contributed by atoms with Gasteiger partial charge in [0.1, 0.15) is 6.61 Å². The standard InChI is InChI=1S/C15H24N2O3/c1-5-17(6-2)7-8-20-14-10-12(15(18)19)9-13(16-14)11(3)4/h9-11H,5-8H2,1-4H3,(H,18,19). The summed E-state index contributed by atoms with van der Waals surface area (Å²) in [6.45, 7) is 11.4. The minimum Gasteiger partial charge on any atom is -0.478 e. The van der Waals surface area contributed by atoms with Crippen molar-refractivity contribution in [3.63, 3.8) is 0 Å². The Bertz CT molecular complexity index is 443. The van der Waals surface area contributed by atoms with Crippen molar-refractivity contribution in [1.82, 2.24) is 9.88 Å². The molecule has 0 saturated carbocycles. The molecule has 0 radical (unpaired) electrons. The summed E-state index contributed by atoms with van der Waals surface area (Å²) in [6.07, 6.45) is 0. The predicted molar refractivity (Wildman–Crippen MR) is 78.6 cm³/mol. The number of hydrogen-bond donors (Lipinski definition) is 1. The number of ether oxygens (including phenoxy) is 1. The van der Waals surface area contributed by atoms with Crippen LogP contribution in [0.25, 0.3) is 0 Å². The molecule has 0 aliphatic carbocycles. The summed E-state index contributed by atoms with van der Waals surface area (Å²) >= 11 is 0. The van der Waals surface area contributed by atoms with E-state index in [2.05, 4.69) is 23.7 Å². The summed E-state index contributed by atoms with van der Waals surface area (Å²) in [5, 5.41) is 9.11. The highest BCUT2D eigenvalue weighted by atomic mass is 16.5. The van der Waals surface area contributed by atoms with Crippen molar-refractivity contribution in [3.8, 4) is 5.88 Å². The van der Waals surface area contributed by atoms with Crippen LogP contribution in [0.2, 0.25) is 0 Å². The van der Waals surface area contributed by atoms with E-state index in [-0.39, 0.29) is 11.5 Å². The lowest BCUT2D eigenvalue weighted by Gasteiger charge is -2.18. The Labute approximate surface area is 120 Å².